The number of rotatable bonds is 1. The van der Waals surface area contributed by atoms with Crippen molar-refractivity contribution >= 4 is 22.6 Å². The van der Waals surface area contributed by atoms with E-state index in [1.807, 2.05) is 13.0 Å². The van der Waals surface area contributed by atoms with Gasteiger partial charge in [0.05, 0.1) is 17.2 Å². The first kappa shape index (κ1) is 9.21. The highest BCUT2D eigenvalue weighted by Crippen LogP contribution is 2.15. The number of halogens is 1. The summed E-state index contributed by atoms with van der Waals surface area (Å²) in [6.07, 6.45) is 1.33. The fraction of sp³-hybridized carbons (Fsp3) is 0.200. The van der Waals surface area contributed by atoms with Gasteiger partial charge in [-0.2, -0.15) is 0 Å². The molecule has 0 unspecified atom stereocenters. The molecular weight excluding hydrogens is 200 g/mol. The van der Waals surface area contributed by atoms with Crippen LogP contribution in [-0.4, -0.2) is 9.55 Å². The molecule has 0 fully saturated rings. The topological polar surface area (TPSA) is 34.9 Å². The number of fused-ring (bicyclic) bond motifs is 1. The number of hydrogen-bond donors (Lipinski definition) is 0. The third kappa shape index (κ3) is 1.40. The molecule has 0 aliphatic carbocycles. The van der Waals surface area contributed by atoms with Crippen molar-refractivity contribution in [3.8, 4) is 0 Å². The molecule has 1 heterocycles. The second-order valence-electron chi connectivity index (χ2n) is 2.97. The van der Waals surface area contributed by atoms with Gasteiger partial charge in [-0.05, 0) is 25.1 Å². The van der Waals surface area contributed by atoms with Crippen LogP contribution in [0, 0.1) is 0 Å². The Labute approximate surface area is 86.0 Å². The molecule has 0 radical (unpaired) electrons. The SMILES string of the molecule is CCn1c(=O)cnc2ccc(Cl)cc21. The lowest BCUT2D eigenvalue weighted by molar-refractivity contribution is 0.753. The lowest BCUT2D eigenvalue weighted by atomic mass is 10.3. The summed E-state index contributed by atoms with van der Waals surface area (Å²) in [6, 6.07) is 5.33. The molecule has 1 aromatic heterocycles. The molecule has 0 spiro atoms. The van der Waals surface area contributed by atoms with E-state index in [9.17, 15) is 4.79 Å². The van der Waals surface area contributed by atoms with E-state index >= 15 is 0 Å². The minimum absolute atomic E-state index is 0.0951. The summed E-state index contributed by atoms with van der Waals surface area (Å²) in [5.41, 5.74) is 1.48. The summed E-state index contributed by atoms with van der Waals surface area (Å²) in [6.45, 7) is 2.54. The van der Waals surface area contributed by atoms with Crippen molar-refractivity contribution in [3.05, 3.63) is 39.8 Å². The van der Waals surface area contributed by atoms with Gasteiger partial charge in [-0.25, -0.2) is 4.98 Å². The third-order valence-electron chi connectivity index (χ3n) is 2.12. The first-order valence-electron chi connectivity index (χ1n) is 4.37. The highest BCUT2D eigenvalue weighted by atomic mass is 35.5. The maximum atomic E-state index is 11.4. The van der Waals surface area contributed by atoms with Gasteiger partial charge < -0.3 is 4.57 Å². The molecule has 0 saturated carbocycles. The number of nitrogens with zero attached hydrogens (tertiary/aromatic N) is 2. The van der Waals surface area contributed by atoms with Crippen LogP contribution in [0.15, 0.2) is 29.2 Å². The predicted molar refractivity (Wildman–Crippen MR) is 56.7 cm³/mol. The van der Waals surface area contributed by atoms with Gasteiger partial charge in [-0.3, -0.25) is 4.79 Å². The number of benzene rings is 1. The fourth-order valence-electron chi connectivity index (χ4n) is 1.46. The molecule has 0 aliphatic heterocycles. The molecule has 72 valence electrons. The van der Waals surface area contributed by atoms with E-state index in [0.29, 0.717) is 11.6 Å². The van der Waals surface area contributed by atoms with Crippen molar-refractivity contribution in [1.29, 1.82) is 0 Å². The monoisotopic (exact) mass is 208 g/mol. The molecule has 0 aliphatic rings. The van der Waals surface area contributed by atoms with E-state index in [-0.39, 0.29) is 5.56 Å². The zero-order valence-corrected chi connectivity index (χ0v) is 8.45. The van der Waals surface area contributed by atoms with Crippen molar-refractivity contribution in [2.24, 2.45) is 0 Å². The van der Waals surface area contributed by atoms with E-state index in [1.54, 1.807) is 16.7 Å². The van der Waals surface area contributed by atoms with Crippen LogP contribution < -0.4 is 5.56 Å². The average Bonchev–Trinajstić information content (AvgIpc) is 2.17. The summed E-state index contributed by atoms with van der Waals surface area (Å²) in [4.78, 5) is 15.5. The van der Waals surface area contributed by atoms with E-state index < -0.39 is 0 Å². The van der Waals surface area contributed by atoms with Crippen LogP contribution in [0.1, 0.15) is 6.92 Å². The Morgan fingerprint density at radius 2 is 2.29 bits per heavy atom. The highest BCUT2D eigenvalue weighted by Gasteiger charge is 2.02. The van der Waals surface area contributed by atoms with Crippen molar-refractivity contribution in [1.82, 2.24) is 9.55 Å². The zero-order valence-electron chi connectivity index (χ0n) is 7.70. The molecular formula is C10H9ClN2O. The Morgan fingerprint density at radius 3 is 3.00 bits per heavy atom. The Hall–Kier alpha value is -1.35. The van der Waals surface area contributed by atoms with Gasteiger partial charge in [-0.1, -0.05) is 11.6 Å². The summed E-state index contributed by atoms with van der Waals surface area (Å²) in [7, 11) is 0. The Kier molecular flexibility index (Phi) is 2.25. The van der Waals surface area contributed by atoms with Gasteiger partial charge in [0.2, 0.25) is 0 Å². The van der Waals surface area contributed by atoms with Gasteiger partial charge in [-0.15, -0.1) is 0 Å². The van der Waals surface area contributed by atoms with Crippen LogP contribution >= 0.6 is 11.6 Å². The smallest absolute Gasteiger partial charge is 0.269 e. The van der Waals surface area contributed by atoms with Crippen molar-refractivity contribution in [2.75, 3.05) is 0 Å². The first-order valence-corrected chi connectivity index (χ1v) is 4.75. The van der Waals surface area contributed by atoms with Crippen LogP contribution in [0.25, 0.3) is 11.0 Å². The van der Waals surface area contributed by atoms with Gasteiger partial charge in [0.15, 0.2) is 0 Å². The maximum absolute atomic E-state index is 11.4. The van der Waals surface area contributed by atoms with Gasteiger partial charge in [0.25, 0.3) is 5.56 Å². The Balaban J connectivity index is 2.91. The molecule has 0 amide bonds. The summed E-state index contributed by atoms with van der Waals surface area (Å²) in [5, 5.41) is 0.618. The van der Waals surface area contributed by atoms with E-state index in [0.717, 1.165) is 11.0 Å². The molecule has 2 rings (SSSR count). The van der Waals surface area contributed by atoms with Crippen LogP contribution in [-0.2, 0) is 6.54 Å². The predicted octanol–water partition coefficient (Wildman–Crippen LogP) is 2.07. The molecule has 0 bridgehead atoms. The molecule has 0 N–H and O–H groups in total. The van der Waals surface area contributed by atoms with Crippen LogP contribution in [0.3, 0.4) is 0 Å². The van der Waals surface area contributed by atoms with Crippen LogP contribution in [0.2, 0.25) is 5.02 Å². The maximum Gasteiger partial charge on any atom is 0.269 e. The lowest BCUT2D eigenvalue weighted by Gasteiger charge is -2.06. The second kappa shape index (κ2) is 3.42. The van der Waals surface area contributed by atoms with E-state index in [2.05, 4.69) is 4.98 Å². The van der Waals surface area contributed by atoms with E-state index in [1.165, 1.54) is 6.20 Å². The quantitative estimate of drug-likeness (QED) is 0.719. The average molecular weight is 209 g/mol. The van der Waals surface area contributed by atoms with Gasteiger partial charge in [0.1, 0.15) is 0 Å². The third-order valence-corrected chi connectivity index (χ3v) is 2.36. The Bertz CT molecular complexity index is 533. The number of hydrogen-bond acceptors (Lipinski definition) is 2. The van der Waals surface area contributed by atoms with Gasteiger partial charge >= 0.3 is 0 Å². The van der Waals surface area contributed by atoms with Crippen molar-refractivity contribution in [2.45, 2.75) is 13.5 Å². The lowest BCUT2D eigenvalue weighted by Crippen LogP contribution is -2.19. The minimum Gasteiger partial charge on any atom is -0.306 e. The van der Waals surface area contributed by atoms with Crippen molar-refractivity contribution in [3.63, 3.8) is 0 Å². The standard InChI is InChI=1S/C10H9ClN2O/c1-2-13-9-5-7(11)3-4-8(9)12-6-10(13)14/h3-6H,2H2,1H3. The summed E-state index contributed by atoms with van der Waals surface area (Å²) < 4.78 is 1.65. The summed E-state index contributed by atoms with van der Waals surface area (Å²) >= 11 is 5.86. The second-order valence-corrected chi connectivity index (χ2v) is 3.41. The molecule has 0 saturated heterocycles. The molecule has 2 aromatic rings. The first-order chi connectivity index (χ1) is 6.72. The largest absolute Gasteiger partial charge is 0.306 e. The van der Waals surface area contributed by atoms with Crippen LogP contribution in [0.5, 0.6) is 0 Å². The molecule has 14 heavy (non-hydrogen) atoms. The number of aromatic nitrogens is 2. The summed E-state index contributed by atoms with van der Waals surface area (Å²) in [5.74, 6) is 0. The van der Waals surface area contributed by atoms with Crippen LogP contribution in [0.4, 0.5) is 0 Å². The fourth-order valence-corrected chi connectivity index (χ4v) is 1.63. The van der Waals surface area contributed by atoms with E-state index in [4.69, 9.17) is 11.6 Å². The molecule has 1 aromatic carbocycles. The minimum atomic E-state index is -0.0951. The molecule has 0 atom stereocenters. The van der Waals surface area contributed by atoms with Gasteiger partial charge in [0, 0.05) is 11.6 Å². The Morgan fingerprint density at radius 1 is 1.50 bits per heavy atom. The highest BCUT2D eigenvalue weighted by molar-refractivity contribution is 6.31. The normalized spacial score (nSPS) is 10.7. The number of aryl methyl sites for hydroxylation is 1. The molecule has 3 nitrogen and oxygen atoms in total. The van der Waals surface area contributed by atoms with Crippen molar-refractivity contribution < 1.29 is 0 Å². The molecule has 4 heteroatoms. The zero-order chi connectivity index (χ0) is 10.1.